The Morgan fingerprint density at radius 2 is 1.90 bits per heavy atom. The van der Waals surface area contributed by atoms with Crippen molar-refractivity contribution in [1.29, 1.82) is 0 Å². The molecule has 152 valence electrons. The molecule has 0 bridgehead atoms. The minimum atomic E-state index is -3.71. The van der Waals surface area contributed by atoms with Crippen LogP contribution in [0.3, 0.4) is 0 Å². The van der Waals surface area contributed by atoms with Gasteiger partial charge in [-0.15, -0.1) is 0 Å². The Bertz CT molecular complexity index is 1110. The highest BCUT2D eigenvalue weighted by Crippen LogP contribution is 2.33. The summed E-state index contributed by atoms with van der Waals surface area (Å²) in [6.07, 6.45) is 1.44. The SMILES string of the molecule is COC(=O)c1ccccc1N/C=C1\C(=O)Nc2ccc(S(=O)(=O)NC(C)C)cc21. The second-order valence-electron chi connectivity index (χ2n) is 6.68. The number of benzene rings is 2. The molecule has 1 aliphatic rings. The molecule has 3 rings (SSSR count). The van der Waals surface area contributed by atoms with E-state index in [0.717, 1.165) is 0 Å². The molecular weight excluding hydrogens is 394 g/mol. The molecule has 9 heteroatoms. The van der Waals surface area contributed by atoms with Crippen LogP contribution in [0.2, 0.25) is 0 Å². The number of fused-ring (bicyclic) bond motifs is 1. The number of sulfonamides is 1. The summed E-state index contributed by atoms with van der Waals surface area (Å²) in [4.78, 5) is 24.3. The Morgan fingerprint density at radius 3 is 2.59 bits per heavy atom. The summed E-state index contributed by atoms with van der Waals surface area (Å²) in [5.41, 5.74) is 1.97. The molecule has 8 nitrogen and oxygen atoms in total. The molecule has 2 aromatic carbocycles. The van der Waals surface area contributed by atoms with Crippen LogP contribution in [-0.2, 0) is 19.6 Å². The molecule has 3 N–H and O–H groups in total. The summed E-state index contributed by atoms with van der Waals surface area (Å²) >= 11 is 0. The number of carbonyl (C=O) groups excluding carboxylic acids is 2. The minimum Gasteiger partial charge on any atom is -0.465 e. The van der Waals surface area contributed by atoms with Crippen molar-refractivity contribution >= 4 is 38.8 Å². The lowest BCUT2D eigenvalue weighted by molar-refractivity contribution is -0.110. The largest absolute Gasteiger partial charge is 0.465 e. The topological polar surface area (TPSA) is 114 Å². The lowest BCUT2D eigenvalue weighted by Crippen LogP contribution is -2.30. The summed E-state index contributed by atoms with van der Waals surface area (Å²) in [5, 5.41) is 5.64. The first-order valence-electron chi connectivity index (χ1n) is 8.85. The zero-order valence-electron chi connectivity index (χ0n) is 16.1. The van der Waals surface area contributed by atoms with Crippen molar-refractivity contribution in [1.82, 2.24) is 4.72 Å². The number of esters is 1. The number of rotatable bonds is 6. The van der Waals surface area contributed by atoms with Crippen LogP contribution in [0.25, 0.3) is 5.57 Å². The van der Waals surface area contributed by atoms with E-state index >= 15 is 0 Å². The highest BCUT2D eigenvalue weighted by atomic mass is 32.2. The molecule has 0 saturated carbocycles. The van der Waals surface area contributed by atoms with Crippen LogP contribution in [0.15, 0.2) is 53.6 Å². The van der Waals surface area contributed by atoms with E-state index in [2.05, 4.69) is 15.4 Å². The maximum absolute atomic E-state index is 12.5. The molecule has 1 aliphatic heterocycles. The van der Waals surface area contributed by atoms with E-state index in [0.29, 0.717) is 22.5 Å². The molecule has 2 aromatic rings. The number of nitrogens with one attached hydrogen (secondary N) is 3. The minimum absolute atomic E-state index is 0.0577. The number of hydrogen-bond acceptors (Lipinski definition) is 6. The van der Waals surface area contributed by atoms with Gasteiger partial charge in [0, 0.05) is 23.5 Å². The monoisotopic (exact) mass is 415 g/mol. The van der Waals surface area contributed by atoms with Crippen molar-refractivity contribution in [3.8, 4) is 0 Å². The summed E-state index contributed by atoms with van der Waals surface area (Å²) < 4.78 is 32.2. The summed E-state index contributed by atoms with van der Waals surface area (Å²) in [5.74, 6) is -0.898. The number of anilines is 2. The van der Waals surface area contributed by atoms with E-state index in [1.54, 1.807) is 44.2 Å². The van der Waals surface area contributed by atoms with Gasteiger partial charge in [0.05, 0.1) is 28.8 Å². The van der Waals surface area contributed by atoms with Crippen molar-refractivity contribution < 1.29 is 22.7 Å². The third kappa shape index (κ3) is 4.30. The van der Waals surface area contributed by atoms with Crippen molar-refractivity contribution in [3.63, 3.8) is 0 Å². The molecule has 0 aliphatic carbocycles. The fourth-order valence-corrected chi connectivity index (χ4v) is 4.18. The van der Waals surface area contributed by atoms with Crippen molar-refractivity contribution in [2.24, 2.45) is 0 Å². The highest BCUT2D eigenvalue weighted by Gasteiger charge is 2.27. The normalized spacial score (nSPS) is 14.6. The smallest absolute Gasteiger partial charge is 0.339 e. The molecule has 1 amide bonds. The van der Waals surface area contributed by atoms with Gasteiger partial charge in [-0.05, 0) is 44.2 Å². The lowest BCUT2D eigenvalue weighted by Gasteiger charge is -2.11. The molecule has 0 atom stereocenters. The van der Waals surface area contributed by atoms with Crippen molar-refractivity contribution in [2.45, 2.75) is 24.8 Å². The van der Waals surface area contributed by atoms with Gasteiger partial charge in [-0.3, -0.25) is 4.79 Å². The van der Waals surface area contributed by atoms with Crippen LogP contribution in [0.4, 0.5) is 11.4 Å². The maximum atomic E-state index is 12.5. The number of hydrogen-bond donors (Lipinski definition) is 3. The maximum Gasteiger partial charge on any atom is 0.339 e. The summed E-state index contributed by atoms with van der Waals surface area (Å²) in [6, 6.07) is 10.9. The molecule has 0 radical (unpaired) electrons. The lowest BCUT2D eigenvalue weighted by atomic mass is 10.1. The zero-order chi connectivity index (χ0) is 21.2. The third-order valence-electron chi connectivity index (χ3n) is 4.18. The average molecular weight is 415 g/mol. The van der Waals surface area contributed by atoms with E-state index < -0.39 is 16.0 Å². The Kier molecular flexibility index (Phi) is 5.71. The van der Waals surface area contributed by atoms with Gasteiger partial charge in [-0.1, -0.05) is 12.1 Å². The quantitative estimate of drug-likeness (QED) is 0.494. The van der Waals surface area contributed by atoms with Gasteiger partial charge < -0.3 is 15.4 Å². The standard InChI is InChI=1S/C20H21N3O5S/c1-12(2)23-29(26,27)13-8-9-18-15(10-13)16(19(24)22-18)11-21-17-7-5-4-6-14(17)20(25)28-3/h4-12,21,23H,1-3H3,(H,22,24)/b16-11-. The molecule has 0 unspecified atom stereocenters. The number of amides is 1. The number of para-hydroxylation sites is 1. The molecular formula is C20H21N3O5S. The van der Waals surface area contributed by atoms with Crippen LogP contribution < -0.4 is 15.4 Å². The first-order valence-corrected chi connectivity index (χ1v) is 10.3. The molecule has 1 heterocycles. The van der Waals surface area contributed by atoms with Crippen molar-refractivity contribution in [3.05, 3.63) is 59.8 Å². The Hall–Kier alpha value is -3.17. The number of methoxy groups -OCH3 is 1. The van der Waals surface area contributed by atoms with Gasteiger partial charge in [0.1, 0.15) is 0 Å². The number of ether oxygens (including phenoxy) is 1. The van der Waals surface area contributed by atoms with E-state index in [-0.39, 0.29) is 22.4 Å². The first kappa shape index (κ1) is 20.6. The predicted octanol–water partition coefficient (Wildman–Crippen LogP) is 2.57. The van der Waals surface area contributed by atoms with Gasteiger partial charge in [-0.2, -0.15) is 0 Å². The number of carbonyl (C=O) groups is 2. The molecule has 0 aromatic heterocycles. The van der Waals surface area contributed by atoms with Crippen molar-refractivity contribution in [2.75, 3.05) is 17.7 Å². The van der Waals surface area contributed by atoms with Gasteiger partial charge in [0.15, 0.2) is 0 Å². The van der Waals surface area contributed by atoms with Crippen LogP contribution >= 0.6 is 0 Å². The zero-order valence-corrected chi connectivity index (χ0v) is 17.0. The summed E-state index contributed by atoms with van der Waals surface area (Å²) in [6.45, 7) is 3.45. The van der Waals surface area contributed by atoms with Gasteiger partial charge in [0.2, 0.25) is 10.0 Å². The molecule has 0 spiro atoms. The van der Waals surface area contributed by atoms with Gasteiger partial charge in [0.25, 0.3) is 5.91 Å². The van der Waals surface area contributed by atoms with E-state index in [1.807, 2.05) is 0 Å². The second kappa shape index (κ2) is 8.06. The Labute approximate surface area is 169 Å². The van der Waals surface area contributed by atoms with E-state index in [4.69, 9.17) is 4.74 Å². The van der Waals surface area contributed by atoms with Crippen LogP contribution in [0.5, 0.6) is 0 Å². The second-order valence-corrected chi connectivity index (χ2v) is 8.39. The van der Waals surface area contributed by atoms with Crippen LogP contribution in [0, 0.1) is 0 Å². The molecule has 0 fully saturated rings. The average Bonchev–Trinajstić information content (AvgIpc) is 2.99. The molecule has 29 heavy (non-hydrogen) atoms. The third-order valence-corrected chi connectivity index (χ3v) is 5.84. The predicted molar refractivity (Wildman–Crippen MR) is 110 cm³/mol. The van der Waals surface area contributed by atoms with Gasteiger partial charge >= 0.3 is 5.97 Å². The fraction of sp³-hybridized carbons (Fsp3) is 0.200. The molecule has 0 saturated heterocycles. The fourth-order valence-electron chi connectivity index (χ4n) is 2.90. The Balaban J connectivity index is 1.97. The summed E-state index contributed by atoms with van der Waals surface area (Å²) in [7, 11) is -2.43. The van der Waals surface area contributed by atoms with Crippen LogP contribution in [0.1, 0.15) is 29.8 Å². The first-order chi connectivity index (χ1) is 13.7. The highest BCUT2D eigenvalue weighted by molar-refractivity contribution is 7.89. The van der Waals surface area contributed by atoms with Gasteiger partial charge in [-0.25, -0.2) is 17.9 Å². The van der Waals surface area contributed by atoms with Crippen LogP contribution in [-0.4, -0.2) is 33.4 Å². The Morgan fingerprint density at radius 1 is 1.17 bits per heavy atom. The van der Waals surface area contributed by atoms with E-state index in [9.17, 15) is 18.0 Å². The van der Waals surface area contributed by atoms with E-state index in [1.165, 1.54) is 25.4 Å².